The van der Waals surface area contributed by atoms with E-state index in [0.717, 1.165) is 24.8 Å². The molecule has 2 aromatic carbocycles. The van der Waals surface area contributed by atoms with Gasteiger partial charge in [-0.3, -0.25) is 9.59 Å². The number of Topliss-reactive ketones (excluding diaryl/α,β-unsaturated/α-hetero) is 1. The highest BCUT2D eigenvalue weighted by molar-refractivity contribution is 6.01. The lowest BCUT2D eigenvalue weighted by Gasteiger charge is -2.33. The molecule has 0 aliphatic heterocycles. The molecule has 0 bridgehead atoms. The maximum atomic E-state index is 13.2. The largest absolute Gasteiger partial charge is 0.434 e. The lowest BCUT2D eigenvalue weighted by Crippen LogP contribution is -2.58. The first-order valence-corrected chi connectivity index (χ1v) is 10.6. The predicted octanol–water partition coefficient (Wildman–Crippen LogP) is 3.79. The van der Waals surface area contributed by atoms with Gasteiger partial charge >= 0.3 is 0 Å². The van der Waals surface area contributed by atoms with Crippen molar-refractivity contribution in [1.82, 2.24) is 10.3 Å². The normalized spacial score (nSPS) is 16.8. The number of para-hydroxylation sites is 2. The van der Waals surface area contributed by atoms with Crippen molar-refractivity contribution in [3.05, 3.63) is 66.1 Å². The number of nitrogens with zero attached hydrogens (tertiary/aromatic N) is 1. The second-order valence-electron chi connectivity index (χ2n) is 8.12. The number of carbonyl (C=O) groups is 2. The van der Waals surface area contributed by atoms with Gasteiger partial charge in [0.25, 0.3) is 5.89 Å². The maximum Gasteiger partial charge on any atom is 0.266 e. The summed E-state index contributed by atoms with van der Waals surface area (Å²) in [6.07, 6.45) is 5.32. The number of carbonyl (C=O) groups excluding carboxylic acids is 2. The zero-order valence-corrected chi connectivity index (χ0v) is 17.0. The fourth-order valence-electron chi connectivity index (χ4n) is 4.06. The van der Waals surface area contributed by atoms with Gasteiger partial charge in [-0.2, -0.15) is 0 Å². The minimum Gasteiger partial charge on any atom is -0.434 e. The molecule has 1 aromatic heterocycles. The van der Waals surface area contributed by atoms with Crippen LogP contribution in [0.3, 0.4) is 0 Å². The van der Waals surface area contributed by atoms with E-state index < -0.39 is 11.6 Å². The van der Waals surface area contributed by atoms with Gasteiger partial charge < -0.3 is 15.5 Å². The SMILES string of the molecule is NC1(C(=O)N[C@@H](CCc2ccccc2)C(=O)c2nc3ccccc3o2)CCCCC1. The van der Waals surface area contributed by atoms with Gasteiger partial charge in [0.05, 0.1) is 11.6 Å². The highest BCUT2D eigenvalue weighted by Crippen LogP contribution is 2.26. The van der Waals surface area contributed by atoms with Crippen molar-refractivity contribution in [3.63, 3.8) is 0 Å². The molecular weight excluding hydrogens is 378 g/mol. The molecule has 1 aliphatic rings. The molecule has 0 unspecified atom stereocenters. The number of hydrogen-bond acceptors (Lipinski definition) is 5. The molecular formula is C24H27N3O3. The molecule has 1 aliphatic carbocycles. The smallest absolute Gasteiger partial charge is 0.266 e. The van der Waals surface area contributed by atoms with Crippen LogP contribution in [0.4, 0.5) is 0 Å². The lowest BCUT2D eigenvalue weighted by molar-refractivity contribution is -0.128. The first-order valence-electron chi connectivity index (χ1n) is 10.6. The summed E-state index contributed by atoms with van der Waals surface area (Å²) in [5.41, 5.74) is 7.76. The number of nitrogens with two attached hydrogens (primary N) is 1. The van der Waals surface area contributed by atoms with Crippen LogP contribution in [0.5, 0.6) is 0 Å². The Morgan fingerprint density at radius 1 is 1.03 bits per heavy atom. The number of amides is 1. The molecule has 3 aromatic rings. The molecule has 1 atom stereocenters. The van der Waals surface area contributed by atoms with Crippen LogP contribution in [-0.4, -0.2) is 28.3 Å². The van der Waals surface area contributed by atoms with Gasteiger partial charge in [-0.25, -0.2) is 4.98 Å². The summed E-state index contributed by atoms with van der Waals surface area (Å²) in [7, 11) is 0. The van der Waals surface area contributed by atoms with Gasteiger partial charge in [-0.05, 0) is 43.4 Å². The molecule has 1 amide bonds. The zero-order chi connectivity index (χ0) is 21.0. The fourth-order valence-corrected chi connectivity index (χ4v) is 4.06. The van der Waals surface area contributed by atoms with E-state index in [1.165, 1.54) is 0 Å². The summed E-state index contributed by atoms with van der Waals surface area (Å²) >= 11 is 0. The molecule has 1 heterocycles. The van der Waals surface area contributed by atoms with Gasteiger partial charge in [-0.15, -0.1) is 0 Å². The monoisotopic (exact) mass is 405 g/mol. The van der Waals surface area contributed by atoms with Crippen molar-refractivity contribution in [2.24, 2.45) is 5.73 Å². The van der Waals surface area contributed by atoms with E-state index in [9.17, 15) is 9.59 Å². The molecule has 6 heteroatoms. The van der Waals surface area contributed by atoms with Gasteiger partial charge in [0.2, 0.25) is 11.7 Å². The third-order valence-corrected chi connectivity index (χ3v) is 5.89. The summed E-state index contributed by atoms with van der Waals surface area (Å²) in [5.74, 6) is -0.566. The molecule has 1 saturated carbocycles. The first kappa shape index (κ1) is 20.3. The summed E-state index contributed by atoms with van der Waals surface area (Å²) in [5, 5.41) is 2.93. The maximum absolute atomic E-state index is 13.2. The van der Waals surface area contributed by atoms with Crippen LogP contribution in [0.25, 0.3) is 11.1 Å². The van der Waals surface area contributed by atoms with Crippen molar-refractivity contribution < 1.29 is 14.0 Å². The van der Waals surface area contributed by atoms with Crippen molar-refractivity contribution in [1.29, 1.82) is 0 Å². The number of ketones is 1. The summed E-state index contributed by atoms with van der Waals surface area (Å²) in [4.78, 5) is 30.6. The lowest BCUT2D eigenvalue weighted by atomic mass is 9.81. The Balaban J connectivity index is 1.55. The van der Waals surface area contributed by atoms with Crippen LogP contribution in [0.2, 0.25) is 0 Å². The minimum absolute atomic E-state index is 0.0178. The Bertz CT molecular complexity index is 989. The highest BCUT2D eigenvalue weighted by Gasteiger charge is 2.38. The Morgan fingerprint density at radius 2 is 1.73 bits per heavy atom. The van der Waals surface area contributed by atoms with Crippen molar-refractivity contribution in [3.8, 4) is 0 Å². The van der Waals surface area contributed by atoms with Crippen molar-refractivity contribution in [2.75, 3.05) is 0 Å². The average molecular weight is 405 g/mol. The molecule has 4 rings (SSSR count). The van der Waals surface area contributed by atoms with Gasteiger partial charge in [0.1, 0.15) is 5.52 Å². The first-order chi connectivity index (χ1) is 14.5. The molecule has 1 fully saturated rings. The van der Waals surface area contributed by atoms with Gasteiger partial charge in [-0.1, -0.05) is 61.7 Å². The Labute approximate surface area is 175 Å². The number of aryl methyl sites for hydroxylation is 1. The number of oxazole rings is 1. The fraction of sp³-hybridized carbons (Fsp3) is 0.375. The van der Waals surface area contributed by atoms with E-state index in [2.05, 4.69) is 10.3 Å². The summed E-state index contributed by atoms with van der Waals surface area (Å²) in [6, 6.07) is 16.4. The highest BCUT2D eigenvalue weighted by atomic mass is 16.4. The Morgan fingerprint density at radius 3 is 2.47 bits per heavy atom. The van der Waals surface area contributed by atoms with Crippen LogP contribution >= 0.6 is 0 Å². The number of hydrogen-bond donors (Lipinski definition) is 2. The molecule has 6 nitrogen and oxygen atoms in total. The van der Waals surface area contributed by atoms with E-state index in [0.29, 0.717) is 36.8 Å². The Kier molecular flexibility index (Phi) is 5.95. The number of rotatable bonds is 7. The van der Waals surface area contributed by atoms with Crippen LogP contribution in [0, 0.1) is 0 Å². The quantitative estimate of drug-likeness (QED) is 0.583. The van der Waals surface area contributed by atoms with Crippen LogP contribution in [0.1, 0.15) is 54.8 Å². The minimum atomic E-state index is -0.912. The standard InChI is InChI=1S/C24H27N3O3/c25-24(15-7-2-8-16-24)23(29)27-19(14-13-17-9-3-1-4-10-17)21(28)22-26-18-11-5-6-12-20(18)30-22/h1,3-6,9-12,19H,2,7-8,13-16,25H2,(H,27,29)/t19-/m0/s1. The number of fused-ring (bicyclic) bond motifs is 1. The molecule has 0 radical (unpaired) electrons. The van der Waals surface area contributed by atoms with Crippen molar-refractivity contribution in [2.45, 2.75) is 56.5 Å². The van der Waals surface area contributed by atoms with Crippen LogP contribution in [-0.2, 0) is 11.2 Å². The number of nitrogens with one attached hydrogen (secondary N) is 1. The van der Waals surface area contributed by atoms with E-state index in [1.807, 2.05) is 42.5 Å². The Hall–Kier alpha value is -2.99. The van der Waals surface area contributed by atoms with E-state index in [4.69, 9.17) is 10.2 Å². The van der Waals surface area contributed by atoms with Crippen molar-refractivity contribution >= 4 is 22.8 Å². The summed E-state index contributed by atoms with van der Waals surface area (Å²) in [6.45, 7) is 0. The third-order valence-electron chi connectivity index (χ3n) is 5.89. The predicted molar refractivity (Wildman–Crippen MR) is 115 cm³/mol. The van der Waals surface area contributed by atoms with E-state index >= 15 is 0 Å². The van der Waals surface area contributed by atoms with Crippen LogP contribution < -0.4 is 11.1 Å². The number of aromatic nitrogens is 1. The summed E-state index contributed by atoms with van der Waals surface area (Å²) < 4.78 is 5.67. The van der Waals surface area contributed by atoms with E-state index in [1.54, 1.807) is 12.1 Å². The zero-order valence-electron chi connectivity index (χ0n) is 17.0. The second-order valence-corrected chi connectivity index (χ2v) is 8.12. The molecule has 156 valence electrons. The molecule has 0 spiro atoms. The molecule has 30 heavy (non-hydrogen) atoms. The van der Waals surface area contributed by atoms with Gasteiger partial charge in [0.15, 0.2) is 5.58 Å². The number of benzene rings is 2. The topological polar surface area (TPSA) is 98.2 Å². The van der Waals surface area contributed by atoms with Gasteiger partial charge in [0, 0.05) is 0 Å². The van der Waals surface area contributed by atoms with E-state index in [-0.39, 0.29) is 17.6 Å². The average Bonchev–Trinajstić information content (AvgIpc) is 3.21. The molecule has 0 saturated heterocycles. The van der Waals surface area contributed by atoms with Crippen LogP contribution in [0.15, 0.2) is 59.0 Å². The molecule has 3 N–H and O–H groups in total. The second kappa shape index (κ2) is 8.79. The third kappa shape index (κ3) is 4.44.